The topological polar surface area (TPSA) is 64.3 Å². The number of nitrogen functional groups attached to an aromatic ring is 1. The number of rotatable bonds is 6. The Morgan fingerprint density at radius 3 is 2.56 bits per heavy atom. The molecule has 0 saturated heterocycles. The highest BCUT2D eigenvalue weighted by atomic mass is 19.1. The van der Waals surface area contributed by atoms with Gasteiger partial charge in [0.1, 0.15) is 5.69 Å². The van der Waals surface area contributed by atoms with Gasteiger partial charge >= 0.3 is 5.97 Å². The quantitative estimate of drug-likeness (QED) is 0.467. The molecule has 0 aliphatic carbocycles. The average molecular weight is 258 g/mol. The van der Waals surface area contributed by atoms with Crippen molar-refractivity contribution in [2.45, 2.75) is 19.8 Å². The van der Waals surface area contributed by atoms with Crippen molar-refractivity contribution in [1.82, 2.24) is 0 Å². The fourth-order valence-corrected chi connectivity index (χ4v) is 1.44. The fourth-order valence-electron chi connectivity index (χ4n) is 1.44. The van der Waals surface area contributed by atoms with E-state index >= 15 is 0 Å². The third-order valence-corrected chi connectivity index (χ3v) is 2.23. The van der Waals surface area contributed by atoms with Gasteiger partial charge in [-0.25, -0.2) is 8.78 Å². The summed E-state index contributed by atoms with van der Waals surface area (Å²) in [5.41, 5.74) is 5.09. The summed E-state index contributed by atoms with van der Waals surface area (Å²) in [6, 6.07) is 2.08. The molecule has 0 radical (unpaired) electrons. The number of carbonyl (C=O) groups excluding carboxylic acids is 1. The summed E-state index contributed by atoms with van der Waals surface area (Å²) in [6.45, 7) is 2.32. The number of hydrogen-bond donors (Lipinski definition) is 2. The Labute approximate surface area is 104 Å². The molecule has 18 heavy (non-hydrogen) atoms. The van der Waals surface area contributed by atoms with Crippen molar-refractivity contribution in [3.05, 3.63) is 23.8 Å². The van der Waals surface area contributed by atoms with Crippen molar-refractivity contribution in [1.29, 1.82) is 0 Å². The molecule has 0 aliphatic rings. The third kappa shape index (κ3) is 4.20. The lowest BCUT2D eigenvalue weighted by atomic mass is 10.2. The van der Waals surface area contributed by atoms with E-state index < -0.39 is 11.6 Å². The number of halogens is 2. The second kappa shape index (κ2) is 6.78. The molecule has 6 heteroatoms. The highest BCUT2D eigenvalue weighted by Crippen LogP contribution is 2.21. The maximum Gasteiger partial charge on any atom is 0.305 e. The average Bonchev–Trinajstić information content (AvgIpc) is 2.27. The van der Waals surface area contributed by atoms with Crippen LogP contribution in [0.2, 0.25) is 0 Å². The Hall–Kier alpha value is -1.85. The van der Waals surface area contributed by atoms with E-state index in [1.807, 2.05) is 0 Å². The summed E-state index contributed by atoms with van der Waals surface area (Å²) in [6.07, 6.45) is 0.640. The summed E-state index contributed by atoms with van der Waals surface area (Å²) in [5.74, 6) is -1.81. The summed E-state index contributed by atoms with van der Waals surface area (Å²) in [4.78, 5) is 11.0. The van der Waals surface area contributed by atoms with Gasteiger partial charge < -0.3 is 15.8 Å². The molecule has 0 spiro atoms. The molecule has 0 aromatic heterocycles. The van der Waals surface area contributed by atoms with Gasteiger partial charge in [0.25, 0.3) is 0 Å². The van der Waals surface area contributed by atoms with Crippen LogP contribution < -0.4 is 11.1 Å². The van der Waals surface area contributed by atoms with E-state index in [0.717, 1.165) is 12.1 Å². The van der Waals surface area contributed by atoms with Crippen LogP contribution in [0.5, 0.6) is 0 Å². The molecular formula is C12H16F2N2O2. The van der Waals surface area contributed by atoms with Gasteiger partial charge in [0.15, 0.2) is 11.6 Å². The zero-order valence-electron chi connectivity index (χ0n) is 10.1. The monoisotopic (exact) mass is 258 g/mol. The standard InChI is InChI=1S/C12H16F2N2O2/c1-2-18-11(17)4-3-5-16-12-9(13)6-8(15)7-10(12)14/h6-7,16H,2-5,15H2,1H3. The van der Waals surface area contributed by atoms with Crippen LogP contribution in [0, 0.1) is 11.6 Å². The summed E-state index contributed by atoms with van der Waals surface area (Å²) in [7, 11) is 0. The Bertz CT molecular complexity index is 402. The lowest BCUT2D eigenvalue weighted by Gasteiger charge is -2.09. The van der Waals surface area contributed by atoms with E-state index in [1.165, 1.54) is 0 Å². The van der Waals surface area contributed by atoms with E-state index in [2.05, 4.69) is 5.32 Å². The minimum absolute atomic E-state index is 0.0297. The molecule has 0 heterocycles. The minimum Gasteiger partial charge on any atom is -0.466 e. The maximum absolute atomic E-state index is 13.3. The first-order valence-electron chi connectivity index (χ1n) is 5.68. The minimum atomic E-state index is -0.747. The van der Waals surface area contributed by atoms with Crippen LogP contribution in [0.1, 0.15) is 19.8 Å². The smallest absolute Gasteiger partial charge is 0.305 e. The van der Waals surface area contributed by atoms with Gasteiger partial charge in [-0.15, -0.1) is 0 Å². The maximum atomic E-state index is 13.3. The van der Waals surface area contributed by atoms with Crippen molar-refractivity contribution in [3.8, 4) is 0 Å². The van der Waals surface area contributed by atoms with Gasteiger partial charge in [0.05, 0.1) is 6.61 Å². The van der Waals surface area contributed by atoms with Crippen molar-refractivity contribution >= 4 is 17.3 Å². The van der Waals surface area contributed by atoms with E-state index in [9.17, 15) is 13.6 Å². The molecule has 1 aromatic rings. The fraction of sp³-hybridized carbons (Fsp3) is 0.417. The Balaban J connectivity index is 2.42. The number of ether oxygens (including phenoxy) is 1. The molecule has 0 unspecified atom stereocenters. The highest BCUT2D eigenvalue weighted by molar-refractivity contribution is 5.69. The number of anilines is 2. The zero-order valence-corrected chi connectivity index (χ0v) is 10.1. The van der Waals surface area contributed by atoms with Crippen molar-refractivity contribution < 1.29 is 18.3 Å². The lowest BCUT2D eigenvalue weighted by Crippen LogP contribution is -2.10. The van der Waals surface area contributed by atoms with Gasteiger partial charge in [-0.3, -0.25) is 4.79 Å². The van der Waals surface area contributed by atoms with Crippen LogP contribution in [0.4, 0.5) is 20.2 Å². The van der Waals surface area contributed by atoms with Crippen molar-refractivity contribution in [2.24, 2.45) is 0 Å². The van der Waals surface area contributed by atoms with Gasteiger partial charge in [-0.1, -0.05) is 0 Å². The van der Waals surface area contributed by atoms with E-state index in [-0.39, 0.29) is 30.3 Å². The third-order valence-electron chi connectivity index (χ3n) is 2.23. The molecule has 1 aromatic carbocycles. The number of benzene rings is 1. The number of nitrogens with one attached hydrogen (secondary N) is 1. The van der Waals surface area contributed by atoms with Crippen LogP contribution >= 0.6 is 0 Å². The second-order valence-electron chi connectivity index (χ2n) is 3.69. The second-order valence-corrected chi connectivity index (χ2v) is 3.69. The van der Waals surface area contributed by atoms with Gasteiger partial charge in [-0.05, 0) is 25.5 Å². The Morgan fingerprint density at radius 1 is 1.39 bits per heavy atom. The molecule has 1 rings (SSSR count). The van der Waals surface area contributed by atoms with E-state index in [4.69, 9.17) is 10.5 Å². The first kappa shape index (κ1) is 14.2. The number of nitrogens with two attached hydrogens (primary N) is 1. The lowest BCUT2D eigenvalue weighted by molar-refractivity contribution is -0.143. The van der Waals surface area contributed by atoms with E-state index in [0.29, 0.717) is 13.0 Å². The molecule has 4 nitrogen and oxygen atoms in total. The molecule has 3 N–H and O–H groups in total. The van der Waals surface area contributed by atoms with E-state index in [1.54, 1.807) is 6.92 Å². The summed E-state index contributed by atoms with van der Waals surface area (Å²) < 4.78 is 31.4. The number of carbonyl (C=O) groups is 1. The Morgan fingerprint density at radius 2 is 2.00 bits per heavy atom. The van der Waals surface area contributed by atoms with Crippen LogP contribution in [-0.4, -0.2) is 19.1 Å². The number of esters is 1. The Kier molecular flexibility index (Phi) is 5.35. The first-order valence-corrected chi connectivity index (χ1v) is 5.68. The van der Waals surface area contributed by atoms with Crippen LogP contribution in [0.15, 0.2) is 12.1 Å². The summed E-state index contributed by atoms with van der Waals surface area (Å²) in [5, 5.41) is 2.59. The van der Waals surface area contributed by atoms with Gasteiger partial charge in [-0.2, -0.15) is 0 Å². The van der Waals surface area contributed by atoms with Crippen LogP contribution in [0.3, 0.4) is 0 Å². The highest BCUT2D eigenvalue weighted by Gasteiger charge is 2.09. The molecule has 0 saturated carbocycles. The number of hydrogen-bond acceptors (Lipinski definition) is 4. The SMILES string of the molecule is CCOC(=O)CCCNc1c(F)cc(N)cc1F. The largest absolute Gasteiger partial charge is 0.466 e. The molecule has 0 atom stereocenters. The zero-order chi connectivity index (χ0) is 13.5. The van der Waals surface area contributed by atoms with Crippen molar-refractivity contribution in [3.63, 3.8) is 0 Å². The molecule has 0 fully saturated rings. The molecule has 0 bridgehead atoms. The van der Waals surface area contributed by atoms with Gasteiger partial charge in [0.2, 0.25) is 0 Å². The normalized spacial score (nSPS) is 10.2. The van der Waals surface area contributed by atoms with Crippen LogP contribution in [-0.2, 0) is 9.53 Å². The molecule has 100 valence electrons. The first-order chi connectivity index (χ1) is 8.54. The van der Waals surface area contributed by atoms with Gasteiger partial charge in [0, 0.05) is 18.7 Å². The molecule has 0 aliphatic heterocycles. The molecular weight excluding hydrogens is 242 g/mol. The predicted octanol–water partition coefficient (Wildman–Crippen LogP) is 2.30. The van der Waals surface area contributed by atoms with Crippen molar-refractivity contribution in [2.75, 3.05) is 24.2 Å². The summed E-state index contributed by atoms with van der Waals surface area (Å²) >= 11 is 0. The predicted molar refractivity (Wildman–Crippen MR) is 65.1 cm³/mol. The van der Waals surface area contributed by atoms with Crippen LogP contribution in [0.25, 0.3) is 0 Å². The molecule has 0 amide bonds.